The third-order valence-electron chi connectivity index (χ3n) is 3.48. The average Bonchev–Trinajstić information content (AvgIpc) is 2.95. The Labute approximate surface area is 118 Å². The summed E-state index contributed by atoms with van der Waals surface area (Å²) in [7, 11) is 1.67. The summed E-state index contributed by atoms with van der Waals surface area (Å²) in [5.41, 5.74) is -1.37. The Morgan fingerprint density at radius 1 is 1.60 bits per heavy atom. The van der Waals surface area contributed by atoms with Crippen LogP contribution < -0.4 is 0 Å². The maximum Gasteiger partial charge on any atom is 0.253 e. The summed E-state index contributed by atoms with van der Waals surface area (Å²) in [4.78, 5) is 17.8. The molecule has 1 aromatic heterocycles. The molecule has 1 fully saturated rings. The molecule has 7 nitrogen and oxygen atoms in total. The van der Waals surface area contributed by atoms with Crippen LogP contribution in [-0.4, -0.2) is 63.0 Å². The van der Waals surface area contributed by atoms with Crippen molar-refractivity contribution in [1.29, 1.82) is 0 Å². The highest BCUT2D eigenvalue weighted by molar-refractivity contribution is 5.83. The number of carbonyl (C=O) groups is 1. The molecule has 0 aliphatic carbocycles. The molecule has 0 aromatic carbocycles. The second kappa shape index (κ2) is 5.49. The van der Waals surface area contributed by atoms with Crippen LogP contribution in [0.5, 0.6) is 0 Å². The zero-order valence-electron chi connectivity index (χ0n) is 12.4. The van der Waals surface area contributed by atoms with Gasteiger partial charge in [0.15, 0.2) is 5.82 Å². The number of carbonyl (C=O) groups excluding carboxylic acids is 1. The van der Waals surface area contributed by atoms with Crippen molar-refractivity contribution in [1.82, 2.24) is 20.1 Å². The molecule has 1 aliphatic heterocycles. The summed E-state index contributed by atoms with van der Waals surface area (Å²) in [6.45, 7) is 5.87. The van der Waals surface area contributed by atoms with Gasteiger partial charge >= 0.3 is 0 Å². The highest BCUT2D eigenvalue weighted by Gasteiger charge is 2.36. The third kappa shape index (κ3) is 3.16. The fourth-order valence-electron chi connectivity index (χ4n) is 2.47. The van der Waals surface area contributed by atoms with Gasteiger partial charge in [0.25, 0.3) is 5.91 Å². The molecule has 1 saturated heterocycles. The lowest BCUT2D eigenvalue weighted by Crippen LogP contribution is -2.46. The van der Waals surface area contributed by atoms with E-state index >= 15 is 0 Å². The van der Waals surface area contributed by atoms with Gasteiger partial charge in [0.05, 0.1) is 12.0 Å². The molecule has 7 heteroatoms. The normalized spacial score (nSPS) is 23.1. The van der Waals surface area contributed by atoms with Gasteiger partial charge in [0, 0.05) is 20.2 Å². The van der Waals surface area contributed by atoms with Crippen molar-refractivity contribution < 1.29 is 14.6 Å². The number of aryl methyl sites for hydroxylation is 1. The first-order chi connectivity index (χ1) is 9.29. The number of ether oxygens (including phenoxy) is 1. The molecular formula is C13H22N4O3. The number of nitrogens with zero attached hydrogens (tertiary/aromatic N) is 3. The molecule has 2 atom stereocenters. The minimum absolute atomic E-state index is 0.0806. The van der Waals surface area contributed by atoms with E-state index in [1.54, 1.807) is 7.05 Å². The number of likely N-dealkylation sites (N-methyl/N-ethyl adjacent to an activating group) is 1. The molecular weight excluding hydrogens is 260 g/mol. The Morgan fingerprint density at radius 3 is 2.85 bits per heavy atom. The van der Waals surface area contributed by atoms with Crippen LogP contribution in [0.4, 0.5) is 0 Å². The Kier molecular flexibility index (Phi) is 4.10. The third-order valence-corrected chi connectivity index (χ3v) is 3.48. The first-order valence-corrected chi connectivity index (χ1v) is 6.77. The van der Waals surface area contributed by atoms with Crippen molar-refractivity contribution in [3.8, 4) is 0 Å². The van der Waals surface area contributed by atoms with E-state index in [0.29, 0.717) is 13.2 Å². The Balaban J connectivity index is 2.03. The van der Waals surface area contributed by atoms with Crippen LogP contribution in [0.25, 0.3) is 0 Å². The molecule has 1 aromatic rings. The van der Waals surface area contributed by atoms with Crippen molar-refractivity contribution >= 4 is 5.91 Å². The number of hydrogen-bond acceptors (Lipinski definition) is 5. The van der Waals surface area contributed by atoms with Crippen LogP contribution in [0, 0.1) is 6.92 Å². The molecule has 1 amide bonds. The van der Waals surface area contributed by atoms with E-state index in [9.17, 15) is 9.90 Å². The molecule has 0 spiro atoms. The number of H-pyrrole nitrogens is 1. The molecule has 0 radical (unpaired) electrons. The van der Waals surface area contributed by atoms with E-state index in [2.05, 4.69) is 15.2 Å². The van der Waals surface area contributed by atoms with E-state index < -0.39 is 5.60 Å². The monoisotopic (exact) mass is 282 g/mol. The minimum atomic E-state index is -1.37. The molecule has 2 heterocycles. The maximum absolute atomic E-state index is 12.0. The highest BCUT2D eigenvalue weighted by atomic mass is 16.5. The second-order valence-corrected chi connectivity index (χ2v) is 5.83. The highest BCUT2D eigenvalue weighted by Crippen LogP contribution is 2.29. The van der Waals surface area contributed by atoms with Gasteiger partial charge in [-0.05, 0) is 27.2 Å². The SMILES string of the molecule is Cc1nc([C@@H]2CCO[C@@H]2CN(C)C(=O)C(C)(C)O)n[nH]1. The summed E-state index contributed by atoms with van der Waals surface area (Å²) in [6, 6.07) is 0. The van der Waals surface area contributed by atoms with E-state index in [4.69, 9.17) is 4.74 Å². The van der Waals surface area contributed by atoms with Crippen molar-refractivity contribution in [2.45, 2.75) is 44.8 Å². The summed E-state index contributed by atoms with van der Waals surface area (Å²) >= 11 is 0. The predicted octanol–water partition coefficient (Wildman–Crippen LogP) is 0.215. The lowest BCUT2D eigenvalue weighted by molar-refractivity contribution is -0.147. The van der Waals surface area contributed by atoms with Crippen LogP contribution in [-0.2, 0) is 9.53 Å². The van der Waals surface area contributed by atoms with Crippen molar-refractivity contribution in [2.75, 3.05) is 20.2 Å². The van der Waals surface area contributed by atoms with Crippen molar-refractivity contribution in [3.63, 3.8) is 0 Å². The van der Waals surface area contributed by atoms with Gasteiger partial charge in [-0.25, -0.2) is 4.98 Å². The lowest BCUT2D eigenvalue weighted by atomic mass is 9.99. The van der Waals surface area contributed by atoms with Gasteiger partial charge in [-0.2, -0.15) is 5.10 Å². The fourth-order valence-corrected chi connectivity index (χ4v) is 2.47. The van der Waals surface area contributed by atoms with Crippen LogP contribution >= 0.6 is 0 Å². The Bertz CT molecular complexity index is 480. The number of aliphatic hydroxyl groups is 1. The maximum atomic E-state index is 12.0. The molecule has 20 heavy (non-hydrogen) atoms. The van der Waals surface area contributed by atoms with Crippen molar-refractivity contribution in [3.05, 3.63) is 11.6 Å². The van der Waals surface area contributed by atoms with E-state index in [0.717, 1.165) is 18.1 Å². The van der Waals surface area contributed by atoms with Gasteiger partial charge in [-0.15, -0.1) is 0 Å². The quantitative estimate of drug-likeness (QED) is 0.824. The zero-order chi connectivity index (χ0) is 14.9. The smallest absolute Gasteiger partial charge is 0.253 e. The van der Waals surface area contributed by atoms with Gasteiger partial charge in [-0.1, -0.05) is 0 Å². The number of amides is 1. The van der Waals surface area contributed by atoms with Crippen LogP contribution in [0.2, 0.25) is 0 Å². The largest absolute Gasteiger partial charge is 0.381 e. The zero-order valence-corrected chi connectivity index (χ0v) is 12.4. The van der Waals surface area contributed by atoms with E-state index in [1.807, 2.05) is 6.92 Å². The van der Waals surface area contributed by atoms with E-state index in [-0.39, 0.29) is 17.9 Å². The summed E-state index contributed by atoms with van der Waals surface area (Å²) in [5, 5.41) is 16.8. The van der Waals surface area contributed by atoms with Gasteiger partial charge < -0.3 is 14.7 Å². The van der Waals surface area contributed by atoms with Crippen molar-refractivity contribution in [2.24, 2.45) is 0 Å². The molecule has 112 valence electrons. The second-order valence-electron chi connectivity index (χ2n) is 5.83. The van der Waals surface area contributed by atoms with Gasteiger partial charge in [0.1, 0.15) is 11.4 Å². The number of nitrogens with one attached hydrogen (secondary N) is 1. The molecule has 2 N–H and O–H groups in total. The average molecular weight is 282 g/mol. The molecule has 0 unspecified atom stereocenters. The molecule has 1 aliphatic rings. The predicted molar refractivity (Wildman–Crippen MR) is 72.2 cm³/mol. The number of hydrogen-bond donors (Lipinski definition) is 2. The number of aromatic amines is 1. The summed E-state index contributed by atoms with van der Waals surface area (Å²) in [6.07, 6.45) is 0.702. The Morgan fingerprint density at radius 2 is 2.30 bits per heavy atom. The topological polar surface area (TPSA) is 91.3 Å². The molecule has 0 saturated carbocycles. The van der Waals surface area contributed by atoms with E-state index in [1.165, 1.54) is 18.7 Å². The number of aromatic nitrogens is 3. The van der Waals surface area contributed by atoms with Crippen LogP contribution in [0.15, 0.2) is 0 Å². The van der Waals surface area contributed by atoms with Gasteiger partial charge in [-0.3, -0.25) is 9.89 Å². The fraction of sp³-hybridized carbons (Fsp3) is 0.769. The first kappa shape index (κ1) is 14.9. The lowest BCUT2D eigenvalue weighted by Gasteiger charge is -2.28. The van der Waals surface area contributed by atoms with Crippen LogP contribution in [0.3, 0.4) is 0 Å². The van der Waals surface area contributed by atoms with Gasteiger partial charge in [0.2, 0.25) is 0 Å². The number of rotatable bonds is 4. The Hall–Kier alpha value is -1.47. The minimum Gasteiger partial charge on any atom is -0.381 e. The first-order valence-electron chi connectivity index (χ1n) is 6.77. The summed E-state index contributed by atoms with van der Waals surface area (Å²) in [5.74, 6) is 1.26. The standard InChI is InChI=1S/C13H22N4O3/c1-8-14-11(16-15-8)9-5-6-20-10(9)7-17(4)12(18)13(2,3)19/h9-10,19H,5-7H2,1-4H3,(H,14,15,16)/t9-,10-/m1/s1. The molecule has 2 rings (SSSR count). The molecule has 0 bridgehead atoms. The summed E-state index contributed by atoms with van der Waals surface area (Å²) < 4.78 is 5.69. The van der Waals surface area contributed by atoms with Crippen LogP contribution in [0.1, 0.15) is 37.8 Å².